The van der Waals surface area contributed by atoms with Gasteiger partial charge < -0.3 is 5.32 Å². The summed E-state index contributed by atoms with van der Waals surface area (Å²) in [6.07, 6.45) is 2.85. The van der Waals surface area contributed by atoms with E-state index in [1.807, 2.05) is 26.2 Å². The van der Waals surface area contributed by atoms with E-state index >= 15 is 0 Å². The van der Waals surface area contributed by atoms with Gasteiger partial charge >= 0.3 is 0 Å². The monoisotopic (exact) mass is 192 g/mol. The van der Waals surface area contributed by atoms with E-state index in [2.05, 4.69) is 16.5 Å². The van der Waals surface area contributed by atoms with Crippen LogP contribution in [0.25, 0.3) is 0 Å². The highest BCUT2D eigenvalue weighted by Crippen LogP contribution is 1.94. The van der Waals surface area contributed by atoms with Crippen LogP contribution in [0.3, 0.4) is 0 Å². The normalized spacial score (nSPS) is 12.4. The summed E-state index contributed by atoms with van der Waals surface area (Å²) in [6, 6.07) is 4.19. The number of aryl methyl sites for hydroxylation is 1. The number of nitriles is 1. The predicted octanol–water partition coefficient (Wildman–Crippen LogP) is 0.712. The number of hydrogen-bond acceptors (Lipinski definition) is 3. The molecule has 14 heavy (non-hydrogen) atoms. The van der Waals surface area contributed by atoms with Crippen molar-refractivity contribution in [1.82, 2.24) is 15.1 Å². The van der Waals surface area contributed by atoms with Crippen molar-refractivity contribution in [2.45, 2.75) is 13.3 Å². The molecule has 0 aliphatic rings. The topological polar surface area (TPSA) is 53.6 Å². The highest BCUT2D eigenvalue weighted by Gasteiger charge is 1.99. The zero-order valence-electron chi connectivity index (χ0n) is 8.70. The fraction of sp³-hybridized carbons (Fsp3) is 0.600. The van der Waals surface area contributed by atoms with Crippen molar-refractivity contribution in [2.75, 3.05) is 13.1 Å². The molecule has 1 rings (SSSR count). The van der Waals surface area contributed by atoms with E-state index in [1.54, 1.807) is 4.68 Å². The van der Waals surface area contributed by atoms with Gasteiger partial charge in [0.2, 0.25) is 0 Å². The maximum absolute atomic E-state index is 8.55. The summed E-state index contributed by atoms with van der Waals surface area (Å²) in [5, 5.41) is 16.0. The minimum atomic E-state index is 0.0822. The third kappa shape index (κ3) is 3.58. The molecule has 0 aliphatic carbocycles. The van der Waals surface area contributed by atoms with Gasteiger partial charge in [-0.05, 0) is 13.0 Å². The largest absolute Gasteiger partial charge is 0.315 e. The zero-order chi connectivity index (χ0) is 10.4. The molecular formula is C10H16N4. The Morgan fingerprint density at radius 3 is 3.07 bits per heavy atom. The van der Waals surface area contributed by atoms with Crippen LogP contribution in [0.4, 0.5) is 0 Å². The summed E-state index contributed by atoms with van der Waals surface area (Å²) >= 11 is 0. The Balaban J connectivity index is 2.14. The maximum atomic E-state index is 8.55. The molecule has 1 aromatic heterocycles. The molecule has 0 aromatic carbocycles. The van der Waals surface area contributed by atoms with Gasteiger partial charge in [-0.1, -0.05) is 0 Å². The van der Waals surface area contributed by atoms with E-state index in [1.165, 1.54) is 0 Å². The van der Waals surface area contributed by atoms with Gasteiger partial charge in [0.15, 0.2) is 0 Å². The number of nitrogens with one attached hydrogen (secondary N) is 1. The van der Waals surface area contributed by atoms with Crippen molar-refractivity contribution in [3.05, 3.63) is 18.0 Å². The molecule has 0 aliphatic heterocycles. The van der Waals surface area contributed by atoms with Crippen molar-refractivity contribution in [2.24, 2.45) is 13.0 Å². The Hall–Kier alpha value is -1.34. The molecule has 0 spiro atoms. The highest BCUT2D eigenvalue weighted by molar-refractivity contribution is 4.99. The molecular weight excluding hydrogens is 176 g/mol. The lowest BCUT2D eigenvalue weighted by molar-refractivity contribution is 0.596. The van der Waals surface area contributed by atoms with Crippen LogP contribution in [0, 0.1) is 17.2 Å². The quantitative estimate of drug-likeness (QED) is 0.699. The summed E-state index contributed by atoms with van der Waals surface area (Å²) in [6.45, 7) is 3.54. The zero-order valence-corrected chi connectivity index (χ0v) is 8.70. The molecule has 4 heteroatoms. The maximum Gasteiger partial charge on any atom is 0.0666 e. The van der Waals surface area contributed by atoms with Gasteiger partial charge in [-0.3, -0.25) is 4.68 Å². The van der Waals surface area contributed by atoms with E-state index in [0.717, 1.165) is 25.2 Å². The Morgan fingerprint density at radius 2 is 2.50 bits per heavy atom. The van der Waals surface area contributed by atoms with Crippen LogP contribution in [0.15, 0.2) is 12.3 Å². The average Bonchev–Trinajstić information content (AvgIpc) is 2.58. The molecule has 0 fully saturated rings. The third-order valence-electron chi connectivity index (χ3n) is 2.00. The van der Waals surface area contributed by atoms with Crippen LogP contribution in [0.5, 0.6) is 0 Å². The van der Waals surface area contributed by atoms with Crippen LogP contribution in [0.1, 0.15) is 12.6 Å². The predicted molar refractivity (Wildman–Crippen MR) is 54.6 cm³/mol. The Bertz CT molecular complexity index is 310. The molecule has 0 saturated carbocycles. The smallest absolute Gasteiger partial charge is 0.0666 e. The summed E-state index contributed by atoms with van der Waals surface area (Å²) in [5.41, 5.74) is 1.09. The van der Waals surface area contributed by atoms with Gasteiger partial charge in [0.25, 0.3) is 0 Å². The Kier molecular flexibility index (Phi) is 4.14. The number of rotatable bonds is 5. The van der Waals surface area contributed by atoms with E-state index in [9.17, 15) is 0 Å². The van der Waals surface area contributed by atoms with Crippen molar-refractivity contribution < 1.29 is 0 Å². The number of nitrogens with zero attached hydrogens (tertiary/aromatic N) is 3. The second kappa shape index (κ2) is 5.40. The van der Waals surface area contributed by atoms with Crippen molar-refractivity contribution in [1.29, 1.82) is 5.26 Å². The van der Waals surface area contributed by atoms with Crippen molar-refractivity contribution in [3.8, 4) is 6.07 Å². The van der Waals surface area contributed by atoms with Crippen molar-refractivity contribution >= 4 is 0 Å². The van der Waals surface area contributed by atoms with Gasteiger partial charge in [-0.15, -0.1) is 0 Å². The Morgan fingerprint density at radius 1 is 1.71 bits per heavy atom. The van der Waals surface area contributed by atoms with Gasteiger partial charge in [0.1, 0.15) is 0 Å². The van der Waals surface area contributed by atoms with Gasteiger partial charge in [-0.2, -0.15) is 10.4 Å². The first kappa shape index (κ1) is 10.7. The SMILES string of the molecule is CC(C#N)CNCCc1ccn(C)n1. The second-order valence-corrected chi connectivity index (χ2v) is 3.47. The number of aromatic nitrogens is 2. The van der Waals surface area contributed by atoms with E-state index < -0.39 is 0 Å². The molecule has 76 valence electrons. The Labute approximate surface area is 84.5 Å². The molecule has 0 amide bonds. The fourth-order valence-corrected chi connectivity index (χ4v) is 1.18. The molecule has 0 saturated heterocycles. The lowest BCUT2D eigenvalue weighted by Crippen LogP contribution is -2.22. The molecule has 1 heterocycles. The van der Waals surface area contributed by atoms with Gasteiger partial charge in [-0.25, -0.2) is 0 Å². The summed E-state index contributed by atoms with van der Waals surface area (Å²) in [4.78, 5) is 0. The lowest BCUT2D eigenvalue weighted by atomic mass is 10.2. The molecule has 1 unspecified atom stereocenters. The van der Waals surface area contributed by atoms with E-state index in [-0.39, 0.29) is 5.92 Å². The molecule has 0 radical (unpaired) electrons. The lowest BCUT2D eigenvalue weighted by Gasteiger charge is -2.03. The second-order valence-electron chi connectivity index (χ2n) is 3.47. The molecule has 1 aromatic rings. The van der Waals surface area contributed by atoms with Crippen LogP contribution < -0.4 is 5.32 Å². The minimum absolute atomic E-state index is 0.0822. The van der Waals surface area contributed by atoms with Crippen LogP contribution in [-0.2, 0) is 13.5 Å². The first-order valence-electron chi connectivity index (χ1n) is 4.81. The molecule has 4 nitrogen and oxygen atoms in total. The summed E-state index contributed by atoms with van der Waals surface area (Å²) < 4.78 is 1.80. The molecule has 1 N–H and O–H groups in total. The average molecular weight is 192 g/mol. The minimum Gasteiger partial charge on any atom is -0.315 e. The van der Waals surface area contributed by atoms with Gasteiger partial charge in [0, 0.05) is 32.8 Å². The standard InChI is InChI=1S/C10H16N4/c1-9(7-11)8-12-5-3-10-4-6-14(2)13-10/h4,6,9,12H,3,5,8H2,1-2H3. The summed E-state index contributed by atoms with van der Waals surface area (Å²) in [5.74, 6) is 0.0822. The van der Waals surface area contributed by atoms with Crippen LogP contribution >= 0.6 is 0 Å². The highest BCUT2D eigenvalue weighted by atomic mass is 15.2. The first-order chi connectivity index (χ1) is 6.72. The molecule has 0 bridgehead atoms. The van der Waals surface area contributed by atoms with E-state index in [4.69, 9.17) is 5.26 Å². The molecule has 1 atom stereocenters. The number of hydrogen-bond donors (Lipinski definition) is 1. The van der Waals surface area contributed by atoms with Gasteiger partial charge in [0.05, 0.1) is 17.7 Å². The van der Waals surface area contributed by atoms with Crippen LogP contribution in [-0.4, -0.2) is 22.9 Å². The van der Waals surface area contributed by atoms with Crippen LogP contribution in [0.2, 0.25) is 0 Å². The fourth-order valence-electron chi connectivity index (χ4n) is 1.18. The summed E-state index contributed by atoms with van der Waals surface area (Å²) in [7, 11) is 1.91. The van der Waals surface area contributed by atoms with Crippen molar-refractivity contribution in [3.63, 3.8) is 0 Å². The van der Waals surface area contributed by atoms with E-state index in [0.29, 0.717) is 0 Å². The third-order valence-corrected chi connectivity index (χ3v) is 2.00. The first-order valence-corrected chi connectivity index (χ1v) is 4.81.